The molecular weight excluding hydrogens is 442 g/mol. The van der Waals surface area contributed by atoms with Gasteiger partial charge in [-0.2, -0.15) is 5.11 Å². The fourth-order valence-corrected chi connectivity index (χ4v) is 6.74. The zero-order valence-corrected chi connectivity index (χ0v) is 18.0. The minimum absolute atomic E-state index is 0.0152. The number of hydrogen-bond donors (Lipinski definition) is 3. The van der Waals surface area contributed by atoms with Crippen LogP contribution >= 0.6 is 0 Å². The van der Waals surface area contributed by atoms with Gasteiger partial charge in [-0.1, -0.05) is 18.9 Å². The van der Waals surface area contributed by atoms with Crippen LogP contribution in [-0.2, 0) is 20.0 Å². The summed E-state index contributed by atoms with van der Waals surface area (Å²) in [7, 11) is -8.73. The van der Waals surface area contributed by atoms with Crippen molar-refractivity contribution < 1.29 is 16.8 Å². The summed E-state index contributed by atoms with van der Waals surface area (Å²) in [6.07, 6.45) is 4.65. The summed E-state index contributed by atoms with van der Waals surface area (Å²) in [6, 6.07) is 5.65. The summed E-state index contributed by atoms with van der Waals surface area (Å²) in [5.74, 6) is 0.0829. The van der Waals surface area contributed by atoms with Crippen molar-refractivity contribution in [2.75, 3.05) is 12.4 Å². The first-order valence-electron chi connectivity index (χ1n) is 9.54. The van der Waals surface area contributed by atoms with Crippen molar-refractivity contribution in [2.24, 2.45) is 20.4 Å². The highest BCUT2D eigenvalue weighted by Crippen LogP contribution is 2.36. The van der Waals surface area contributed by atoms with Crippen LogP contribution < -0.4 is 15.6 Å². The van der Waals surface area contributed by atoms with Crippen LogP contribution in [-0.4, -0.2) is 40.4 Å². The molecule has 2 heterocycles. The number of hydrogen-bond acceptors (Lipinski definition) is 9. The van der Waals surface area contributed by atoms with Crippen LogP contribution in [0.5, 0.6) is 0 Å². The van der Waals surface area contributed by atoms with Crippen LogP contribution in [0, 0.1) is 0 Å². The number of anilines is 1. The molecule has 5 N–H and O–H groups in total. The van der Waals surface area contributed by atoms with E-state index in [2.05, 4.69) is 24.9 Å². The lowest BCUT2D eigenvalue weighted by Crippen LogP contribution is -2.34. The van der Waals surface area contributed by atoms with Crippen LogP contribution in [0.15, 0.2) is 55.5 Å². The van der Waals surface area contributed by atoms with Crippen molar-refractivity contribution in [1.82, 2.24) is 9.71 Å². The second-order valence-corrected chi connectivity index (χ2v) is 10.4. The number of aliphatic imine (C=N–C) groups is 1. The van der Waals surface area contributed by atoms with Crippen LogP contribution in [0.3, 0.4) is 0 Å². The van der Waals surface area contributed by atoms with Gasteiger partial charge >= 0.3 is 0 Å². The molecule has 13 heteroatoms. The molecule has 31 heavy (non-hydrogen) atoms. The average Bonchev–Trinajstić information content (AvgIpc) is 3.40. The third kappa shape index (κ3) is 4.21. The van der Waals surface area contributed by atoms with Crippen LogP contribution in [0.25, 0.3) is 11.1 Å². The smallest absolute Gasteiger partial charge is 0.242 e. The molecular formula is C18H21N7O4S2. The first-order chi connectivity index (χ1) is 14.7. The van der Waals surface area contributed by atoms with E-state index in [0.717, 1.165) is 12.8 Å². The molecule has 11 nitrogen and oxygen atoms in total. The lowest BCUT2D eigenvalue weighted by Gasteiger charge is -2.19. The number of pyridine rings is 1. The minimum Gasteiger partial charge on any atom is -0.383 e. The lowest BCUT2D eigenvalue weighted by molar-refractivity contribution is 0.548. The van der Waals surface area contributed by atoms with Crippen molar-refractivity contribution in [3.05, 3.63) is 36.0 Å². The normalized spacial score (nSPS) is 17.3. The standard InChI is InChI=1S/C18H21N7O4S2/c19-17-13(6-3-9-21-17)12-7-8-14(31(28,29)25-11-4-1-2-5-11)16(30(20,26)27)15(12)18-22-10-23-24-18/h3,6-9,11,25H,1-2,4-5,10H2,(H2,19,21)(H2,20,26,27). The number of azo groups is 1. The summed E-state index contributed by atoms with van der Waals surface area (Å²) < 4.78 is 54.3. The number of amidine groups is 1. The lowest BCUT2D eigenvalue weighted by atomic mass is 9.99. The van der Waals surface area contributed by atoms with Gasteiger partial charge in [-0.15, -0.1) is 5.11 Å². The van der Waals surface area contributed by atoms with E-state index in [0.29, 0.717) is 18.4 Å². The van der Waals surface area contributed by atoms with Gasteiger partial charge in [-0.3, -0.25) is 0 Å². The molecule has 0 radical (unpaired) electrons. The van der Waals surface area contributed by atoms with Crippen LogP contribution in [0.2, 0.25) is 0 Å². The van der Waals surface area contributed by atoms with Crippen LogP contribution in [0.1, 0.15) is 31.2 Å². The van der Waals surface area contributed by atoms with Gasteiger partial charge in [0.1, 0.15) is 15.6 Å². The van der Waals surface area contributed by atoms with Gasteiger partial charge in [0.05, 0.1) is 5.56 Å². The first-order valence-corrected chi connectivity index (χ1v) is 12.6. The zero-order valence-electron chi connectivity index (χ0n) is 16.4. The fourth-order valence-electron chi connectivity index (χ4n) is 3.83. The summed E-state index contributed by atoms with van der Waals surface area (Å²) in [4.78, 5) is 7.07. The fraction of sp³-hybridized carbons (Fsp3) is 0.333. The van der Waals surface area contributed by atoms with E-state index >= 15 is 0 Å². The van der Waals surface area contributed by atoms with Gasteiger partial charge in [0, 0.05) is 17.8 Å². The van der Waals surface area contributed by atoms with E-state index in [1.165, 1.54) is 18.3 Å². The quantitative estimate of drug-likeness (QED) is 0.581. The number of nitrogens with zero attached hydrogens (tertiary/aromatic N) is 4. The monoisotopic (exact) mass is 463 g/mol. The number of aromatic nitrogens is 1. The molecule has 0 unspecified atom stereocenters. The minimum atomic E-state index is -4.52. The van der Waals surface area contributed by atoms with E-state index in [1.807, 2.05) is 0 Å². The second-order valence-electron chi connectivity index (χ2n) is 7.26. The number of benzene rings is 1. The molecule has 2 aromatic rings. The highest BCUT2D eigenvalue weighted by Gasteiger charge is 2.34. The van der Waals surface area contributed by atoms with Crippen molar-refractivity contribution in [3.8, 4) is 11.1 Å². The van der Waals surface area contributed by atoms with E-state index in [9.17, 15) is 16.8 Å². The van der Waals surface area contributed by atoms with Crippen molar-refractivity contribution >= 4 is 31.7 Å². The van der Waals surface area contributed by atoms with E-state index < -0.39 is 29.8 Å². The van der Waals surface area contributed by atoms with Gasteiger partial charge in [0.2, 0.25) is 20.0 Å². The zero-order chi connectivity index (χ0) is 22.2. The maximum Gasteiger partial charge on any atom is 0.242 e. The second kappa shape index (κ2) is 8.07. The third-order valence-corrected chi connectivity index (χ3v) is 7.86. The number of primary sulfonamides is 1. The molecule has 1 aliphatic carbocycles. The molecule has 1 fully saturated rings. The van der Waals surface area contributed by atoms with Crippen LogP contribution in [0.4, 0.5) is 5.82 Å². The number of sulfonamides is 2. The predicted molar refractivity (Wildman–Crippen MR) is 114 cm³/mol. The predicted octanol–water partition coefficient (Wildman–Crippen LogP) is 1.37. The van der Waals surface area contributed by atoms with Gasteiger partial charge in [0.25, 0.3) is 0 Å². The van der Waals surface area contributed by atoms with Gasteiger partial charge < -0.3 is 5.73 Å². The number of nitrogens with two attached hydrogens (primary N) is 2. The summed E-state index contributed by atoms with van der Waals surface area (Å²) in [6.45, 7) is -0.0152. The van der Waals surface area contributed by atoms with Crippen molar-refractivity contribution in [2.45, 2.75) is 41.5 Å². The molecule has 0 atom stereocenters. The molecule has 0 spiro atoms. The Morgan fingerprint density at radius 2 is 1.77 bits per heavy atom. The molecule has 164 valence electrons. The molecule has 0 bridgehead atoms. The number of rotatable bonds is 6. The third-order valence-electron chi connectivity index (χ3n) is 5.17. The molecule has 1 aromatic heterocycles. The Bertz CT molecular complexity index is 1300. The molecule has 0 saturated heterocycles. The largest absolute Gasteiger partial charge is 0.383 e. The molecule has 1 aromatic carbocycles. The molecule has 1 saturated carbocycles. The summed E-state index contributed by atoms with van der Waals surface area (Å²) >= 11 is 0. The Balaban J connectivity index is 2.01. The summed E-state index contributed by atoms with van der Waals surface area (Å²) in [5.41, 5.74) is 6.60. The van der Waals surface area contributed by atoms with Gasteiger partial charge in [-0.25, -0.2) is 36.7 Å². The van der Waals surface area contributed by atoms with Gasteiger partial charge in [0.15, 0.2) is 12.5 Å². The molecule has 4 rings (SSSR count). The molecule has 2 aliphatic rings. The van der Waals surface area contributed by atoms with E-state index in [4.69, 9.17) is 10.9 Å². The average molecular weight is 464 g/mol. The Morgan fingerprint density at radius 1 is 1.03 bits per heavy atom. The van der Waals surface area contributed by atoms with E-state index in [-0.39, 0.29) is 35.5 Å². The Hall–Kier alpha value is -2.74. The SMILES string of the molecule is Nc1ncccc1-c1ccc(S(=O)(=O)NC2CCCC2)c(S(N)(=O)=O)c1C1=NCN=N1. The summed E-state index contributed by atoms with van der Waals surface area (Å²) in [5, 5.41) is 13.2. The number of nitrogens with one attached hydrogen (secondary N) is 1. The van der Waals surface area contributed by atoms with Gasteiger partial charge in [-0.05, 0) is 36.6 Å². The maximum atomic E-state index is 13.2. The topological polar surface area (TPSA) is 182 Å². The Kier molecular flexibility index (Phi) is 5.60. The maximum absolute atomic E-state index is 13.2. The van der Waals surface area contributed by atoms with E-state index in [1.54, 1.807) is 12.1 Å². The Morgan fingerprint density at radius 3 is 2.39 bits per heavy atom. The van der Waals surface area contributed by atoms with Crippen molar-refractivity contribution in [3.63, 3.8) is 0 Å². The van der Waals surface area contributed by atoms with Crippen molar-refractivity contribution in [1.29, 1.82) is 0 Å². The highest BCUT2D eigenvalue weighted by atomic mass is 32.2. The number of nitrogen functional groups attached to an aromatic ring is 1. The highest BCUT2D eigenvalue weighted by molar-refractivity contribution is 7.92. The molecule has 0 amide bonds. The Labute approximate surface area is 179 Å². The molecule has 1 aliphatic heterocycles. The first kappa shape index (κ1) is 21.5.